The standard InChI is InChI=1S/C23H23NO5S/c1-27-19-13-7-11-17(23(19)29-3)15-20(28-2)18-12-8-14-21(30(24,25)26)22(18)16-9-5-4-6-10-16/h4-15H,1-3H3,(H2,24,25,26). The summed E-state index contributed by atoms with van der Waals surface area (Å²) >= 11 is 0. The lowest BCUT2D eigenvalue weighted by Gasteiger charge is -2.17. The third-order valence-corrected chi connectivity index (χ3v) is 5.55. The minimum absolute atomic E-state index is 0.0201. The molecule has 0 saturated heterocycles. The molecular formula is C23H23NO5S. The molecule has 0 aliphatic heterocycles. The molecule has 7 heteroatoms. The number of benzene rings is 3. The van der Waals surface area contributed by atoms with Gasteiger partial charge >= 0.3 is 0 Å². The zero-order chi connectivity index (χ0) is 21.7. The van der Waals surface area contributed by atoms with Gasteiger partial charge in [0.05, 0.1) is 26.2 Å². The minimum atomic E-state index is -3.97. The van der Waals surface area contributed by atoms with Gasteiger partial charge in [-0.15, -0.1) is 0 Å². The van der Waals surface area contributed by atoms with Crippen molar-refractivity contribution in [3.05, 3.63) is 77.9 Å². The van der Waals surface area contributed by atoms with Crippen molar-refractivity contribution in [1.29, 1.82) is 0 Å². The number of methoxy groups -OCH3 is 3. The van der Waals surface area contributed by atoms with Gasteiger partial charge in [0.25, 0.3) is 0 Å². The Morgan fingerprint density at radius 3 is 2.17 bits per heavy atom. The van der Waals surface area contributed by atoms with Crippen molar-refractivity contribution in [3.8, 4) is 22.6 Å². The second kappa shape index (κ2) is 9.02. The van der Waals surface area contributed by atoms with Crippen molar-refractivity contribution >= 4 is 21.9 Å². The van der Waals surface area contributed by atoms with E-state index in [9.17, 15) is 8.42 Å². The Balaban J connectivity index is 2.31. The maximum atomic E-state index is 12.3. The molecule has 0 amide bonds. The summed E-state index contributed by atoms with van der Waals surface area (Å²) in [7, 11) is 0.670. The highest BCUT2D eigenvalue weighted by molar-refractivity contribution is 7.89. The molecule has 30 heavy (non-hydrogen) atoms. The third-order valence-electron chi connectivity index (χ3n) is 4.60. The van der Waals surface area contributed by atoms with Gasteiger partial charge in [0.1, 0.15) is 5.76 Å². The van der Waals surface area contributed by atoms with E-state index in [1.807, 2.05) is 42.5 Å². The zero-order valence-electron chi connectivity index (χ0n) is 17.0. The first-order valence-corrected chi connectivity index (χ1v) is 10.6. The summed E-state index contributed by atoms with van der Waals surface area (Å²) in [5.41, 5.74) is 2.47. The average Bonchev–Trinajstić information content (AvgIpc) is 2.76. The van der Waals surface area contributed by atoms with Gasteiger partial charge in [-0.1, -0.05) is 54.6 Å². The smallest absolute Gasteiger partial charge is 0.238 e. The SMILES string of the molecule is COC(=Cc1cccc(OC)c1OC)c1cccc(S(N)(=O)=O)c1-c1ccccc1. The van der Waals surface area contributed by atoms with Gasteiger partial charge < -0.3 is 14.2 Å². The molecule has 0 radical (unpaired) electrons. The first-order valence-electron chi connectivity index (χ1n) is 9.09. The van der Waals surface area contributed by atoms with Gasteiger partial charge in [-0.05, 0) is 23.8 Å². The Hall–Kier alpha value is -3.29. The van der Waals surface area contributed by atoms with Crippen molar-refractivity contribution in [2.75, 3.05) is 21.3 Å². The maximum absolute atomic E-state index is 12.3. The molecule has 156 valence electrons. The largest absolute Gasteiger partial charge is 0.496 e. The van der Waals surface area contributed by atoms with E-state index >= 15 is 0 Å². The summed E-state index contributed by atoms with van der Waals surface area (Å²) in [5, 5.41) is 5.52. The van der Waals surface area contributed by atoms with E-state index in [1.54, 1.807) is 38.5 Å². The van der Waals surface area contributed by atoms with Crippen LogP contribution < -0.4 is 14.6 Å². The molecule has 0 aromatic heterocycles. The molecule has 0 fully saturated rings. The summed E-state index contributed by atoms with van der Waals surface area (Å²) in [5.74, 6) is 1.56. The van der Waals surface area contributed by atoms with E-state index in [0.29, 0.717) is 39.5 Å². The highest BCUT2D eigenvalue weighted by Gasteiger charge is 2.21. The van der Waals surface area contributed by atoms with Crippen LogP contribution in [0.2, 0.25) is 0 Å². The normalized spacial score (nSPS) is 11.8. The zero-order valence-corrected chi connectivity index (χ0v) is 17.8. The van der Waals surface area contributed by atoms with Crippen molar-refractivity contribution in [2.45, 2.75) is 4.90 Å². The molecule has 6 nitrogen and oxygen atoms in total. The quantitative estimate of drug-likeness (QED) is 0.454. The van der Waals surface area contributed by atoms with Gasteiger partial charge in [-0.25, -0.2) is 13.6 Å². The fraction of sp³-hybridized carbons (Fsp3) is 0.130. The summed E-state index contributed by atoms with van der Waals surface area (Å²) in [6.45, 7) is 0. The second-order valence-corrected chi connectivity index (χ2v) is 7.92. The fourth-order valence-electron chi connectivity index (χ4n) is 3.29. The van der Waals surface area contributed by atoms with Crippen LogP contribution in [0.1, 0.15) is 11.1 Å². The van der Waals surface area contributed by atoms with Crippen LogP contribution in [0, 0.1) is 0 Å². The summed E-state index contributed by atoms with van der Waals surface area (Å²) in [4.78, 5) is 0.0201. The molecule has 0 spiro atoms. The van der Waals surface area contributed by atoms with Gasteiger partial charge in [-0.3, -0.25) is 0 Å². The Labute approximate surface area is 176 Å². The number of hydrogen-bond acceptors (Lipinski definition) is 5. The summed E-state index contributed by atoms with van der Waals surface area (Å²) in [6, 6.07) is 19.6. The number of rotatable bonds is 7. The number of ether oxygens (including phenoxy) is 3. The topological polar surface area (TPSA) is 87.8 Å². The van der Waals surface area contributed by atoms with Crippen molar-refractivity contribution in [2.24, 2.45) is 5.14 Å². The Morgan fingerprint density at radius 1 is 0.867 bits per heavy atom. The lowest BCUT2D eigenvalue weighted by molar-refractivity contribution is 0.353. The van der Waals surface area contributed by atoms with Gasteiger partial charge in [0.2, 0.25) is 10.0 Å². The molecule has 0 heterocycles. The molecule has 0 bridgehead atoms. The Kier molecular flexibility index (Phi) is 6.44. The molecule has 0 unspecified atom stereocenters. The maximum Gasteiger partial charge on any atom is 0.238 e. The third kappa shape index (κ3) is 4.32. The predicted octanol–water partition coefficient (Wildman–Crippen LogP) is 4.16. The van der Waals surface area contributed by atoms with Crippen LogP contribution >= 0.6 is 0 Å². The monoisotopic (exact) mass is 425 g/mol. The minimum Gasteiger partial charge on any atom is -0.496 e. The summed E-state index contributed by atoms with van der Waals surface area (Å²) in [6.07, 6.45) is 1.77. The van der Waals surface area contributed by atoms with Gasteiger partial charge in [0.15, 0.2) is 11.5 Å². The van der Waals surface area contributed by atoms with Crippen LogP contribution in [0.15, 0.2) is 71.6 Å². The molecule has 3 aromatic rings. The van der Waals surface area contributed by atoms with Crippen LogP contribution in [0.3, 0.4) is 0 Å². The van der Waals surface area contributed by atoms with Crippen molar-refractivity contribution < 1.29 is 22.6 Å². The number of hydrogen-bond donors (Lipinski definition) is 1. The molecule has 3 rings (SSSR count). The van der Waals surface area contributed by atoms with Crippen molar-refractivity contribution in [3.63, 3.8) is 0 Å². The van der Waals surface area contributed by atoms with Crippen molar-refractivity contribution in [1.82, 2.24) is 0 Å². The van der Waals surface area contributed by atoms with Crippen LogP contribution in [-0.4, -0.2) is 29.7 Å². The summed E-state index contributed by atoms with van der Waals surface area (Å²) < 4.78 is 41.2. The Bertz CT molecular complexity index is 1170. The van der Waals surface area contributed by atoms with Gasteiger partial charge in [-0.2, -0.15) is 0 Å². The second-order valence-electron chi connectivity index (χ2n) is 6.39. The Morgan fingerprint density at radius 2 is 1.57 bits per heavy atom. The first-order chi connectivity index (χ1) is 14.4. The molecular weight excluding hydrogens is 402 g/mol. The first kappa shape index (κ1) is 21.4. The number of nitrogens with two attached hydrogens (primary N) is 1. The number of sulfonamides is 1. The molecule has 0 aliphatic rings. The van der Waals surface area contributed by atoms with E-state index < -0.39 is 10.0 Å². The van der Waals surface area contributed by atoms with E-state index in [1.165, 1.54) is 13.2 Å². The molecule has 0 atom stereocenters. The van der Waals surface area contributed by atoms with E-state index in [0.717, 1.165) is 0 Å². The number of para-hydroxylation sites is 1. The van der Waals surface area contributed by atoms with Crippen LogP contribution in [0.5, 0.6) is 11.5 Å². The molecule has 0 saturated carbocycles. The van der Waals surface area contributed by atoms with E-state index in [2.05, 4.69) is 0 Å². The fourth-order valence-corrected chi connectivity index (χ4v) is 4.07. The molecule has 3 aromatic carbocycles. The van der Waals surface area contributed by atoms with Crippen LogP contribution in [-0.2, 0) is 14.8 Å². The van der Waals surface area contributed by atoms with E-state index in [4.69, 9.17) is 19.3 Å². The molecule has 0 aliphatic carbocycles. The average molecular weight is 426 g/mol. The van der Waals surface area contributed by atoms with E-state index in [-0.39, 0.29) is 4.90 Å². The lowest BCUT2D eigenvalue weighted by atomic mass is 9.97. The predicted molar refractivity (Wildman–Crippen MR) is 118 cm³/mol. The highest BCUT2D eigenvalue weighted by Crippen LogP contribution is 2.38. The highest BCUT2D eigenvalue weighted by atomic mass is 32.2. The molecule has 2 N–H and O–H groups in total. The van der Waals surface area contributed by atoms with Gasteiger partial charge in [0, 0.05) is 16.7 Å². The lowest BCUT2D eigenvalue weighted by Crippen LogP contribution is -2.14. The van der Waals surface area contributed by atoms with Crippen LogP contribution in [0.4, 0.5) is 0 Å². The van der Waals surface area contributed by atoms with Crippen LogP contribution in [0.25, 0.3) is 23.0 Å². The number of primary sulfonamides is 1.